The highest BCUT2D eigenvalue weighted by Gasteiger charge is 2.20. The minimum atomic E-state index is -1.55. The Labute approximate surface area is 108 Å². The molecule has 4 N–H and O–H groups in total. The molecule has 1 aromatic rings. The van der Waals surface area contributed by atoms with Crippen molar-refractivity contribution in [2.45, 2.75) is 25.8 Å². The van der Waals surface area contributed by atoms with Crippen molar-refractivity contribution in [3.8, 4) is 0 Å². The molecule has 7 heteroatoms. The van der Waals surface area contributed by atoms with Crippen LogP contribution in [0.2, 0.25) is 0 Å². The van der Waals surface area contributed by atoms with Crippen molar-refractivity contribution < 1.29 is 23.5 Å². The number of carbonyl (C=O) groups is 2. The Balaban J connectivity index is 2.99. The third-order valence-corrected chi connectivity index (χ3v) is 2.18. The number of benzene rings is 1. The lowest BCUT2D eigenvalue weighted by Gasteiger charge is -2.17. The number of carboxylic acid groups (broad SMARTS) is 1. The van der Waals surface area contributed by atoms with Crippen LogP contribution in [0.4, 0.5) is 14.5 Å². The number of carbonyl (C=O) groups excluding carboxylic acids is 1. The van der Waals surface area contributed by atoms with E-state index in [1.165, 1.54) is 0 Å². The molecule has 0 radical (unpaired) electrons. The molecule has 1 aromatic carbocycles. The van der Waals surface area contributed by atoms with Gasteiger partial charge in [-0.1, -0.05) is 0 Å². The molecule has 0 bridgehead atoms. The van der Waals surface area contributed by atoms with Gasteiger partial charge in [0.1, 0.15) is 11.6 Å². The summed E-state index contributed by atoms with van der Waals surface area (Å²) in [7, 11) is 0. The van der Waals surface area contributed by atoms with Gasteiger partial charge in [0, 0.05) is 18.0 Å². The molecule has 0 heterocycles. The van der Waals surface area contributed by atoms with Gasteiger partial charge in [0.2, 0.25) is 5.91 Å². The van der Waals surface area contributed by atoms with Crippen LogP contribution >= 0.6 is 0 Å². The van der Waals surface area contributed by atoms with Crippen LogP contribution in [0.15, 0.2) is 12.1 Å². The largest absolute Gasteiger partial charge is 0.478 e. The predicted octanol–water partition coefficient (Wildman–Crippen LogP) is 1.73. The first-order chi connectivity index (χ1) is 8.60. The first kappa shape index (κ1) is 15.0. The summed E-state index contributed by atoms with van der Waals surface area (Å²) in [6, 6.07) is 1.14. The van der Waals surface area contributed by atoms with E-state index < -0.39 is 40.3 Å². The Morgan fingerprint density at radius 1 is 1.32 bits per heavy atom. The second-order valence-electron chi connectivity index (χ2n) is 4.83. The molecule has 0 aliphatic carbocycles. The normalized spacial score (nSPS) is 11.2. The number of aromatic carboxylic acids is 1. The topological polar surface area (TPSA) is 92.4 Å². The number of anilines is 1. The smallest absolute Gasteiger partial charge is 0.338 e. The Morgan fingerprint density at radius 2 is 1.89 bits per heavy atom. The minimum Gasteiger partial charge on any atom is -0.478 e. The van der Waals surface area contributed by atoms with Gasteiger partial charge in [-0.3, -0.25) is 4.79 Å². The molecule has 104 valence electrons. The third-order valence-electron chi connectivity index (χ3n) is 2.18. The van der Waals surface area contributed by atoms with Gasteiger partial charge in [-0.15, -0.1) is 0 Å². The van der Waals surface area contributed by atoms with E-state index in [9.17, 15) is 18.4 Å². The summed E-state index contributed by atoms with van der Waals surface area (Å²) >= 11 is 0. The second-order valence-corrected chi connectivity index (χ2v) is 4.83. The third kappa shape index (κ3) is 4.29. The van der Waals surface area contributed by atoms with E-state index in [-0.39, 0.29) is 6.42 Å². The van der Waals surface area contributed by atoms with Gasteiger partial charge in [-0.25, -0.2) is 13.6 Å². The number of halogens is 2. The van der Waals surface area contributed by atoms with Crippen LogP contribution in [0.1, 0.15) is 30.6 Å². The lowest BCUT2D eigenvalue weighted by Crippen LogP contribution is -2.36. The summed E-state index contributed by atoms with van der Waals surface area (Å²) in [4.78, 5) is 22.3. The van der Waals surface area contributed by atoms with Crippen molar-refractivity contribution in [1.29, 1.82) is 0 Å². The van der Waals surface area contributed by atoms with Crippen molar-refractivity contribution in [3.05, 3.63) is 29.3 Å². The standard InChI is InChI=1S/C12H14F2N2O3/c1-12(2,15)5-10(17)16-9-3-6(11(18)19)7(13)4-8(9)14/h3-4H,5,15H2,1-2H3,(H,16,17)(H,18,19). The van der Waals surface area contributed by atoms with E-state index in [0.717, 1.165) is 6.07 Å². The number of nitrogens with one attached hydrogen (secondary N) is 1. The highest BCUT2D eigenvalue weighted by atomic mass is 19.1. The van der Waals surface area contributed by atoms with E-state index in [4.69, 9.17) is 10.8 Å². The van der Waals surface area contributed by atoms with Gasteiger partial charge in [0.05, 0.1) is 11.3 Å². The number of hydrogen-bond donors (Lipinski definition) is 3. The Morgan fingerprint density at radius 3 is 2.37 bits per heavy atom. The van der Waals surface area contributed by atoms with Crippen LogP contribution in [0.5, 0.6) is 0 Å². The summed E-state index contributed by atoms with van der Waals surface area (Å²) in [6.07, 6.45) is -0.0911. The van der Waals surface area contributed by atoms with E-state index in [0.29, 0.717) is 6.07 Å². The van der Waals surface area contributed by atoms with Crippen molar-refractivity contribution in [3.63, 3.8) is 0 Å². The highest BCUT2D eigenvalue weighted by Crippen LogP contribution is 2.20. The molecule has 0 fully saturated rings. The summed E-state index contributed by atoms with van der Waals surface area (Å²) in [5.41, 5.74) is 3.71. The Bertz CT molecular complexity index is 524. The molecule has 0 aliphatic rings. The van der Waals surface area contributed by atoms with Gasteiger partial charge < -0.3 is 16.2 Å². The molecule has 1 amide bonds. The van der Waals surface area contributed by atoms with Crippen LogP contribution in [-0.2, 0) is 4.79 Å². The van der Waals surface area contributed by atoms with Gasteiger partial charge in [0.25, 0.3) is 0 Å². The van der Waals surface area contributed by atoms with Crippen LogP contribution in [0.25, 0.3) is 0 Å². The highest BCUT2D eigenvalue weighted by molar-refractivity contribution is 5.94. The van der Waals surface area contributed by atoms with Crippen LogP contribution in [0.3, 0.4) is 0 Å². The average molecular weight is 272 g/mol. The monoisotopic (exact) mass is 272 g/mol. The molecule has 0 atom stereocenters. The number of nitrogens with two attached hydrogens (primary N) is 1. The predicted molar refractivity (Wildman–Crippen MR) is 64.8 cm³/mol. The fraction of sp³-hybridized carbons (Fsp3) is 0.333. The lowest BCUT2D eigenvalue weighted by molar-refractivity contribution is -0.117. The number of rotatable bonds is 4. The molecular formula is C12H14F2N2O3. The first-order valence-corrected chi connectivity index (χ1v) is 5.41. The summed E-state index contributed by atoms with van der Waals surface area (Å²) in [5, 5.41) is 10.9. The van der Waals surface area contributed by atoms with E-state index >= 15 is 0 Å². The second kappa shape index (κ2) is 5.31. The molecule has 0 unspecified atom stereocenters. The molecule has 0 spiro atoms. The molecule has 0 aliphatic heterocycles. The van der Waals surface area contributed by atoms with Gasteiger partial charge in [-0.05, 0) is 19.9 Å². The Hall–Kier alpha value is -2.02. The molecule has 0 saturated heterocycles. The van der Waals surface area contributed by atoms with Crippen molar-refractivity contribution >= 4 is 17.6 Å². The SMILES string of the molecule is CC(C)(N)CC(=O)Nc1cc(C(=O)O)c(F)cc1F. The molecular weight excluding hydrogens is 258 g/mol. The molecule has 0 aromatic heterocycles. The fourth-order valence-electron chi connectivity index (χ4n) is 1.42. The Kier molecular flexibility index (Phi) is 4.21. The quantitative estimate of drug-likeness (QED) is 0.778. The molecule has 5 nitrogen and oxygen atoms in total. The fourth-order valence-corrected chi connectivity index (χ4v) is 1.42. The first-order valence-electron chi connectivity index (χ1n) is 5.41. The maximum absolute atomic E-state index is 13.4. The van der Waals surface area contributed by atoms with Gasteiger partial charge >= 0.3 is 5.97 Å². The van der Waals surface area contributed by atoms with E-state index in [2.05, 4.69) is 5.32 Å². The van der Waals surface area contributed by atoms with Gasteiger partial charge in [0.15, 0.2) is 0 Å². The minimum absolute atomic E-state index is 0.0911. The lowest BCUT2D eigenvalue weighted by atomic mass is 10.0. The van der Waals surface area contributed by atoms with Crippen molar-refractivity contribution in [1.82, 2.24) is 0 Å². The average Bonchev–Trinajstić information content (AvgIpc) is 2.18. The zero-order chi connectivity index (χ0) is 14.8. The number of carboxylic acids is 1. The van der Waals surface area contributed by atoms with Gasteiger partial charge in [-0.2, -0.15) is 0 Å². The van der Waals surface area contributed by atoms with E-state index in [1.807, 2.05) is 0 Å². The van der Waals surface area contributed by atoms with E-state index in [1.54, 1.807) is 13.8 Å². The molecule has 19 heavy (non-hydrogen) atoms. The summed E-state index contributed by atoms with van der Waals surface area (Å²) < 4.78 is 26.5. The van der Waals surface area contributed by atoms with Crippen LogP contribution in [0, 0.1) is 11.6 Å². The van der Waals surface area contributed by atoms with Crippen LogP contribution in [-0.4, -0.2) is 22.5 Å². The summed E-state index contributed by atoms with van der Waals surface area (Å²) in [6.45, 7) is 3.21. The van der Waals surface area contributed by atoms with Crippen molar-refractivity contribution in [2.75, 3.05) is 5.32 Å². The zero-order valence-electron chi connectivity index (χ0n) is 10.5. The maximum Gasteiger partial charge on any atom is 0.338 e. The number of amides is 1. The molecule has 1 rings (SSSR count). The maximum atomic E-state index is 13.4. The number of hydrogen-bond acceptors (Lipinski definition) is 3. The van der Waals surface area contributed by atoms with Crippen LogP contribution < -0.4 is 11.1 Å². The summed E-state index contributed by atoms with van der Waals surface area (Å²) in [5.74, 6) is -4.39. The molecule has 0 saturated carbocycles. The zero-order valence-corrected chi connectivity index (χ0v) is 10.5. The van der Waals surface area contributed by atoms with Crippen molar-refractivity contribution in [2.24, 2.45) is 5.73 Å².